The molecule has 1 unspecified atom stereocenters. The zero-order valence-corrected chi connectivity index (χ0v) is 14.0. The van der Waals surface area contributed by atoms with Crippen molar-refractivity contribution >= 4 is 11.8 Å². The molecule has 0 radical (unpaired) electrons. The fraction of sp³-hybridized carbons (Fsp3) is 0.875. The van der Waals surface area contributed by atoms with Crippen LogP contribution in [-0.4, -0.2) is 51.2 Å². The van der Waals surface area contributed by atoms with Gasteiger partial charge in [-0.25, -0.2) is 0 Å². The molecule has 3 N–H and O–H groups in total. The van der Waals surface area contributed by atoms with Gasteiger partial charge < -0.3 is 20.7 Å². The molecule has 128 valence electrons. The molecule has 0 aromatic heterocycles. The average molecular weight is 313 g/mol. The van der Waals surface area contributed by atoms with Gasteiger partial charge >= 0.3 is 0 Å². The summed E-state index contributed by atoms with van der Waals surface area (Å²) in [6.45, 7) is 4.64. The Morgan fingerprint density at radius 2 is 1.86 bits per heavy atom. The van der Waals surface area contributed by atoms with E-state index in [9.17, 15) is 9.59 Å². The highest BCUT2D eigenvalue weighted by atomic mass is 16.5. The molecule has 0 spiro atoms. The monoisotopic (exact) mass is 313 g/mol. The van der Waals surface area contributed by atoms with Gasteiger partial charge in [0.05, 0.1) is 6.61 Å². The van der Waals surface area contributed by atoms with E-state index in [1.54, 1.807) is 7.11 Å². The zero-order valence-electron chi connectivity index (χ0n) is 14.0. The Balaban J connectivity index is 2.08. The van der Waals surface area contributed by atoms with Crippen molar-refractivity contribution in [3.8, 4) is 0 Å². The zero-order chi connectivity index (χ0) is 16.2. The molecule has 6 heteroatoms. The quantitative estimate of drug-likeness (QED) is 0.522. The number of amides is 2. The number of nitrogens with one attached hydrogen (secondary N) is 3. The smallest absolute Gasteiger partial charge is 0.223 e. The Morgan fingerprint density at radius 3 is 2.55 bits per heavy atom. The third kappa shape index (κ3) is 8.34. The number of hydrogen-bond donors (Lipinski definition) is 3. The summed E-state index contributed by atoms with van der Waals surface area (Å²) in [5, 5.41) is 8.98. The molecule has 0 saturated heterocycles. The average Bonchev–Trinajstić information content (AvgIpc) is 2.51. The lowest BCUT2D eigenvalue weighted by atomic mass is 9.88. The molecule has 0 aliphatic heterocycles. The van der Waals surface area contributed by atoms with Crippen LogP contribution in [0.15, 0.2) is 0 Å². The van der Waals surface area contributed by atoms with E-state index in [0.717, 1.165) is 38.8 Å². The van der Waals surface area contributed by atoms with Gasteiger partial charge in [-0.15, -0.1) is 0 Å². The van der Waals surface area contributed by atoms with E-state index in [-0.39, 0.29) is 23.8 Å². The third-order valence-corrected chi connectivity index (χ3v) is 3.96. The topological polar surface area (TPSA) is 79.5 Å². The molecule has 1 aliphatic rings. The maximum absolute atomic E-state index is 12.1. The normalized spacial score (nSPS) is 17.0. The molecule has 0 aromatic rings. The lowest BCUT2D eigenvalue weighted by Crippen LogP contribution is -2.41. The SMILES string of the molecule is COCCNCCNC(=O)CC(C)NC(=O)C1CCCCC1. The van der Waals surface area contributed by atoms with E-state index in [1.165, 1.54) is 6.42 Å². The molecule has 0 aromatic carbocycles. The second-order valence-electron chi connectivity index (χ2n) is 6.04. The predicted octanol–water partition coefficient (Wildman–Crippen LogP) is 0.814. The van der Waals surface area contributed by atoms with Gasteiger partial charge in [0.25, 0.3) is 0 Å². The molecule has 0 bridgehead atoms. The maximum atomic E-state index is 12.1. The van der Waals surface area contributed by atoms with Crippen LogP contribution >= 0.6 is 0 Å². The van der Waals surface area contributed by atoms with Crippen molar-refractivity contribution in [2.24, 2.45) is 5.92 Å². The number of carbonyl (C=O) groups excluding carboxylic acids is 2. The molecule has 1 saturated carbocycles. The van der Waals surface area contributed by atoms with Crippen molar-refractivity contribution in [3.63, 3.8) is 0 Å². The van der Waals surface area contributed by atoms with Crippen LogP contribution in [0.5, 0.6) is 0 Å². The molecular formula is C16H31N3O3. The van der Waals surface area contributed by atoms with E-state index >= 15 is 0 Å². The standard InChI is InChI=1S/C16H31N3O3/c1-13(19-16(21)14-6-4-3-5-7-14)12-15(20)18-9-8-17-10-11-22-2/h13-14,17H,3-12H2,1-2H3,(H,18,20)(H,19,21). The fourth-order valence-electron chi connectivity index (χ4n) is 2.72. The predicted molar refractivity (Wildman–Crippen MR) is 86.6 cm³/mol. The molecular weight excluding hydrogens is 282 g/mol. The molecule has 1 aliphatic carbocycles. The second kappa shape index (κ2) is 11.4. The molecule has 2 amide bonds. The Hall–Kier alpha value is -1.14. The van der Waals surface area contributed by atoms with Crippen molar-refractivity contribution in [1.82, 2.24) is 16.0 Å². The van der Waals surface area contributed by atoms with Gasteiger partial charge in [0.15, 0.2) is 0 Å². The number of rotatable bonds is 10. The summed E-state index contributed by atoms with van der Waals surface area (Å²) in [5.41, 5.74) is 0. The summed E-state index contributed by atoms with van der Waals surface area (Å²) in [7, 11) is 1.66. The van der Waals surface area contributed by atoms with E-state index in [0.29, 0.717) is 19.6 Å². The first-order valence-corrected chi connectivity index (χ1v) is 8.40. The largest absolute Gasteiger partial charge is 0.383 e. The molecule has 6 nitrogen and oxygen atoms in total. The number of hydrogen-bond acceptors (Lipinski definition) is 4. The van der Waals surface area contributed by atoms with Crippen LogP contribution in [-0.2, 0) is 14.3 Å². The van der Waals surface area contributed by atoms with Gasteiger partial charge in [-0.3, -0.25) is 9.59 Å². The first-order valence-electron chi connectivity index (χ1n) is 8.40. The van der Waals surface area contributed by atoms with E-state index in [4.69, 9.17) is 4.74 Å². The van der Waals surface area contributed by atoms with Crippen molar-refractivity contribution in [1.29, 1.82) is 0 Å². The first-order chi connectivity index (χ1) is 10.6. The van der Waals surface area contributed by atoms with Crippen LogP contribution in [0, 0.1) is 5.92 Å². The highest BCUT2D eigenvalue weighted by molar-refractivity contribution is 5.81. The summed E-state index contributed by atoms with van der Waals surface area (Å²) in [4.78, 5) is 23.9. The molecule has 1 fully saturated rings. The number of methoxy groups -OCH3 is 1. The minimum atomic E-state index is -0.115. The fourth-order valence-corrected chi connectivity index (χ4v) is 2.72. The maximum Gasteiger partial charge on any atom is 0.223 e. The lowest BCUT2D eigenvalue weighted by molar-refractivity contribution is -0.127. The molecule has 0 heterocycles. The Labute approximate surface area is 133 Å². The molecule has 22 heavy (non-hydrogen) atoms. The van der Waals surface area contributed by atoms with Crippen LogP contribution in [0.25, 0.3) is 0 Å². The molecule has 1 rings (SSSR count). The van der Waals surface area contributed by atoms with Gasteiger partial charge in [-0.2, -0.15) is 0 Å². The summed E-state index contributed by atoms with van der Waals surface area (Å²) < 4.78 is 4.92. The van der Waals surface area contributed by atoms with Gasteiger partial charge in [0.2, 0.25) is 11.8 Å². The Bertz CT molecular complexity index is 331. The van der Waals surface area contributed by atoms with Crippen LogP contribution in [0.3, 0.4) is 0 Å². The second-order valence-corrected chi connectivity index (χ2v) is 6.04. The summed E-state index contributed by atoms with van der Waals surface area (Å²) in [5.74, 6) is 0.232. The summed E-state index contributed by atoms with van der Waals surface area (Å²) in [6, 6.07) is -0.115. The van der Waals surface area contributed by atoms with Gasteiger partial charge in [0.1, 0.15) is 0 Å². The van der Waals surface area contributed by atoms with Gasteiger partial charge in [-0.1, -0.05) is 19.3 Å². The van der Waals surface area contributed by atoms with E-state index in [1.807, 2.05) is 6.92 Å². The highest BCUT2D eigenvalue weighted by Crippen LogP contribution is 2.23. The van der Waals surface area contributed by atoms with Crippen LogP contribution < -0.4 is 16.0 Å². The minimum Gasteiger partial charge on any atom is -0.383 e. The van der Waals surface area contributed by atoms with Gasteiger partial charge in [0, 0.05) is 45.1 Å². The first kappa shape index (κ1) is 18.9. The van der Waals surface area contributed by atoms with Crippen LogP contribution in [0.1, 0.15) is 45.4 Å². The van der Waals surface area contributed by atoms with Crippen molar-refractivity contribution < 1.29 is 14.3 Å². The van der Waals surface area contributed by atoms with Crippen molar-refractivity contribution in [2.75, 3.05) is 33.4 Å². The lowest BCUT2D eigenvalue weighted by Gasteiger charge is -2.23. The van der Waals surface area contributed by atoms with Crippen molar-refractivity contribution in [3.05, 3.63) is 0 Å². The third-order valence-electron chi connectivity index (χ3n) is 3.96. The summed E-state index contributed by atoms with van der Waals surface area (Å²) >= 11 is 0. The van der Waals surface area contributed by atoms with Gasteiger partial charge in [-0.05, 0) is 19.8 Å². The highest BCUT2D eigenvalue weighted by Gasteiger charge is 2.22. The van der Waals surface area contributed by atoms with Crippen LogP contribution in [0.4, 0.5) is 0 Å². The van der Waals surface area contributed by atoms with E-state index < -0.39 is 0 Å². The van der Waals surface area contributed by atoms with Crippen molar-refractivity contribution in [2.45, 2.75) is 51.5 Å². The number of carbonyl (C=O) groups is 2. The minimum absolute atomic E-state index is 0.0232. The number of ether oxygens (including phenoxy) is 1. The Kier molecular flexibility index (Phi) is 9.82. The van der Waals surface area contributed by atoms with Crippen LogP contribution in [0.2, 0.25) is 0 Å². The Morgan fingerprint density at radius 1 is 1.14 bits per heavy atom. The summed E-state index contributed by atoms with van der Waals surface area (Å²) in [6.07, 6.45) is 5.82. The van der Waals surface area contributed by atoms with E-state index in [2.05, 4.69) is 16.0 Å². The molecule has 1 atom stereocenters.